The molecule has 16 heavy (non-hydrogen) atoms. The quantitative estimate of drug-likeness (QED) is 0.588. The summed E-state index contributed by atoms with van der Waals surface area (Å²) < 4.78 is 18.4. The average Bonchev–Trinajstić information content (AvgIpc) is 2.59. The number of para-hydroxylation sites is 1. The molecule has 5 heteroatoms. The molecule has 2 rings (SSSR count). The highest BCUT2D eigenvalue weighted by molar-refractivity contribution is 5.99. The molecule has 0 saturated heterocycles. The van der Waals surface area contributed by atoms with E-state index in [9.17, 15) is 9.18 Å². The second-order valence-corrected chi connectivity index (χ2v) is 3.24. The number of amides is 1. The first-order valence-corrected chi connectivity index (χ1v) is 4.52. The van der Waals surface area contributed by atoms with Gasteiger partial charge in [-0.25, -0.2) is 4.39 Å². The number of furan rings is 1. The number of hydrogen-bond acceptors (Lipinski definition) is 3. The van der Waals surface area contributed by atoms with Crippen LogP contribution in [0.5, 0.6) is 0 Å². The Morgan fingerprint density at radius 2 is 2.31 bits per heavy atom. The molecule has 0 saturated carbocycles. The minimum absolute atomic E-state index is 0.0306. The van der Waals surface area contributed by atoms with Crippen molar-refractivity contribution in [3.8, 4) is 6.19 Å². The summed E-state index contributed by atoms with van der Waals surface area (Å²) in [6.45, 7) is 1.64. The summed E-state index contributed by atoms with van der Waals surface area (Å²) in [6.07, 6.45) is 1.50. The van der Waals surface area contributed by atoms with Crippen LogP contribution in [-0.2, 0) is 0 Å². The topological polar surface area (TPSA) is 66.0 Å². The molecule has 0 spiro atoms. The Bertz CT molecular complexity index is 610. The van der Waals surface area contributed by atoms with E-state index in [4.69, 9.17) is 9.68 Å². The van der Waals surface area contributed by atoms with Gasteiger partial charge < -0.3 is 4.42 Å². The van der Waals surface area contributed by atoms with Crippen LogP contribution >= 0.6 is 0 Å². The molecule has 1 aromatic heterocycles. The zero-order valence-electron chi connectivity index (χ0n) is 8.37. The molecule has 1 heterocycles. The Labute approximate surface area is 90.3 Å². The lowest BCUT2D eigenvalue weighted by Gasteiger charge is -1.92. The number of nitrogens with zero attached hydrogens (tertiary/aromatic N) is 1. The summed E-state index contributed by atoms with van der Waals surface area (Å²) in [5, 5.41) is 10.8. The maximum Gasteiger partial charge on any atom is 0.300 e. The number of nitrogens with one attached hydrogen (secondary N) is 1. The Balaban J connectivity index is 2.66. The lowest BCUT2D eigenvalue weighted by atomic mass is 10.1. The zero-order chi connectivity index (χ0) is 11.7. The smallest absolute Gasteiger partial charge is 0.300 e. The Hall–Kier alpha value is -2.35. The van der Waals surface area contributed by atoms with Crippen LogP contribution in [0, 0.1) is 24.2 Å². The van der Waals surface area contributed by atoms with Crippen molar-refractivity contribution < 1.29 is 13.6 Å². The predicted octanol–water partition coefficient (Wildman–Crippen LogP) is 2.09. The van der Waals surface area contributed by atoms with E-state index < -0.39 is 11.7 Å². The second-order valence-electron chi connectivity index (χ2n) is 3.24. The molecule has 0 aliphatic rings. The van der Waals surface area contributed by atoms with E-state index in [1.807, 2.05) is 5.32 Å². The van der Waals surface area contributed by atoms with Crippen LogP contribution < -0.4 is 5.32 Å². The Morgan fingerprint density at radius 1 is 1.56 bits per heavy atom. The van der Waals surface area contributed by atoms with Gasteiger partial charge in [-0.3, -0.25) is 10.1 Å². The molecular weight excluding hydrogens is 211 g/mol. The summed E-state index contributed by atoms with van der Waals surface area (Å²) >= 11 is 0. The van der Waals surface area contributed by atoms with Gasteiger partial charge in [0.15, 0.2) is 23.4 Å². The minimum atomic E-state index is -0.671. The van der Waals surface area contributed by atoms with Crippen molar-refractivity contribution in [2.45, 2.75) is 6.92 Å². The number of aryl methyl sites for hydroxylation is 1. The fourth-order valence-electron chi connectivity index (χ4n) is 1.53. The number of benzene rings is 1. The number of carbonyl (C=O) groups excluding carboxylic acids is 1. The SMILES string of the molecule is Cc1c(C(=O)NC#N)oc2c(F)cccc12. The molecule has 0 unspecified atom stereocenters. The maximum atomic E-state index is 13.3. The standard InChI is InChI=1S/C11H7FN2O2/c1-6-7-3-2-4-8(12)10(7)16-9(6)11(15)14-5-13/h2-4H,1H3,(H,14,15). The van der Waals surface area contributed by atoms with Crippen molar-refractivity contribution in [3.63, 3.8) is 0 Å². The van der Waals surface area contributed by atoms with Gasteiger partial charge >= 0.3 is 0 Å². The first kappa shape index (κ1) is 10.2. The van der Waals surface area contributed by atoms with Crippen LogP contribution in [0.15, 0.2) is 22.6 Å². The summed E-state index contributed by atoms with van der Waals surface area (Å²) in [5.41, 5.74) is 0.547. The van der Waals surface area contributed by atoms with Gasteiger partial charge in [-0.15, -0.1) is 0 Å². The molecule has 0 fully saturated rings. The third-order valence-corrected chi connectivity index (χ3v) is 2.29. The van der Waals surface area contributed by atoms with E-state index in [2.05, 4.69) is 0 Å². The minimum Gasteiger partial charge on any atom is -0.447 e. The molecule has 0 aliphatic carbocycles. The maximum absolute atomic E-state index is 13.3. The molecule has 1 amide bonds. The van der Waals surface area contributed by atoms with Gasteiger partial charge in [0.2, 0.25) is 0 Å². The van der Waals surface area contributed by atoms with Crippen molar-refractivity contribution in [2.24, 2.45) is 0 Å². The van der Waals surface area contributed by atoms with Crippen molar-refractivity contribution in [2.75, 3.05) is 0 Å². The van der Waals surface area contributed by atoms with E-state index in [1.165, 1.54) is 18.3 Å². The number of nitriles is 1. The van der Waals surface area contributed by atoms with Crippen molar-refractivity contribution >= 4 is 16.9 Å². The fourth-order valence-corrected chi connectivity index (χ4v) is 1.53. The van der Waals surface area contributed by atoms with E-state index in [-0.39, 0.29) is 11.3 Å². The van der Waals surface area contributed by atoms with Crippen LogP contribution in [0.2, 0.25) is 0 Å². The van der Waals surface area contributed by atoms with E-state index in [0.717, 1.165) is 0 Å². The highest BCUT2D eigenvalue weighted by Crippen LogP contribution is 2.26. The number of hydrogen-bond donors (Lipinski definition) is 1. The van der Waals surface area contributed by atoms with Gasteiger partial charge in [0, 0.05) is 10.9 Å². The first-order valence-electron chi connectivity index (χ1n) is 4.52. The zero-order valence-corrected chi connectivity index (χ0v) is 8.37. The van der Waals surface area contributed by atoms with E-state index >= 15 is 0 Å². The molecule has 80 valence electrons. The van der Waals surface area contributed by atoms with Crippen LogP contribution in [-0.4, -0.2) is 5.91 Å². The van der Waals surface area contributed by atoms with Crippen molar-refractivity contribution in [1.29, 1.82) is 5.26 Å². The molecule has 0 radical (unpaired) electrons. The predicted molar refractivity (Wildman–Crippen MR) is 54.0 cm³/mol. The van der Waals surface area contributed by atoms with Crippen LogP contribution in [0.3, 0.4) is 0 Å². The number of fused-ring (bicyclic) bond motifs is 1. The van der Waals surface area contributed by atoms with E-state index in [0.29, 0.717) is 10.9 Å². The third-order valence-electron chi connectivity index (χ3n) is 2.29. The third kappa shape index (κ3) is 1.41. The highest BCUT2D eigenvalue weighted by atomic mass is 19.1. The van der Waals surface area contributed by atoms with Crippen LogP contribution in [0.4, 0.5) is 4.39 Å². The first-order chi connectivity index (χ1) is 7.65. The van der Waals surface area contributed by atoms with Gasteiger partial charge in [0.25, 0.3) is 5.91 Å². The number of halogens is 1. The number of rotatable bonds is 1. The largest absolute Gasteiger partial charge is 0.447 e. The van der Waals surface area contributed by atoms with Crippen LogP contribution in [0.1, 0.15) is 16.1 Å². The second kappa shape index (κ2) is 3.66. The molecule has 1 N–H and O–H groups in total. The molecule has 0 aliphatic heterocycles. The van der Waals surface area contributed by atoms with Gasteiger partial charge in [0.1, 0.15) is 0 Å². The molecule has 1 aromatic carbocycles. The van der Waals surface area contributed by atoms with Gasteiger partial charge in [-0.1, -0.05) is 12.1 Å². The molecule has 0 atom stereocenters. The Kier molecular flexibility index (Phi) is 2.33. The van der Waals surface area contributed by atoms with E-state index in [1.54, 1.807) is 13.0 Å². The van der Waals surface area contributed by atoms with Gasteiger partial charge in [0.05, 0.1) is 0 Å². The molecule has 0 bridgehead atoms. The summed E-state index contributed by atoms with van der Waals surface area (Å²) in [5.74, 6) is -1.24. The Morgan fingerprint density at radius 3 is 2.94 bits per heavy atom. The average molecular weight is 218 g/mol. The molecule has 4 nitrogen and oxygen atoms in total. The summed E-state index contributed by atoms with van der Waals surface area (Å²) in [6, 6.07) is 4.43. The molecule has 2 aromatic rings. The summed E-state index contributed by atoms with van der Waals surface area (Å²) in [7, 11) is 0. The number of carbonyl (C=O) groups is 1. The van der Waals surface area contributed by atoms with Crippen LogP contribution in [0.25, 0.3) is 11.0 Å². The lowest BCUT2D eigenvalue weighted by Crippen LogP contribution is -2.17. The van der Waals surface area contributed by atoms with Crippen molar-refractivity contribution in [3.05, 3.63) is 35.3 Å². The fraction of sp³-hybridized carbons (Fsp3) is 0.0909. The van der Waals surface area contributed by atoms with Gasteiger partial charge in [-0.2, -0.15) is 5.26 Å². The monoisotopic (exact) mass is 218 g/mol. The normalized spacial score (nSPS) is 10.1. The molecular formula is C11H7FN2O2. The van der Waals surface area contributed by atoms with Crippen molar-refractivity contribution in [1.82, 2.24) is 5.32 Å². The van der Waals surface area contributed by atoms with Gasteiger partial charge in [-0.05, 0) is 13.0 Å². The highest BCUT2D eigenvalue weighted by Gasteiger charge is 2.18. The lowest BCUT2D eigenvalue weighted by molar-refractivity contribution is 0.0947. The summed E-state index contributed by atoms with van der Waals surface area (Å²) in [4.78, 5) is 11.4.